The van der Waals surface area contributed by atoms with Gasteiger partial charge in [-0.15, -0.1) is 11.8 Å². The Morgan fingerprint density at radius 2 is 1.88 bits per heavy atom. The van der Waals surface area contributed by atoms with Crippen LogP contribution in [0.15, 0.2) is 0 Å². The van der Waals surface area contributed by atoms with Crippen molar-refractivity contribution in [2.45, 2.75) is 38.5 Å². The van der Waals surface area contributed by atoms with E-state index in [1.807, 2.05) is 0 Å². The first kappa shape index (κ1) is 4.44. The zero-order valence-electron chi connectivity index (χ0n) is 6.11. The Balaban J connectivity index is 2.37. The van der Waals surface area contributed by atoms with Crippen molar-refractivity contribution in [1.29, 1.82) is 0 Å². The Hall–Kier alpha value is -0.440. The Kier molecular flexibility index (Phi) is 1.97. The van der Waals surface area contributed by atoms with Crippen molar-refractivity contribution >= 4 is 0 Å². The summed E-state index contributed by atoms with van der Waals surface area (Å²) in [6.07, 6.45) is 5.60. The molecule has 0 N–H and O–H groups in total. The van der Waals surface area contributed by atoms with Crippen molar-refractivity contribution in [1.82, 2.24) is 0 Å². The highest BCUT2D eigenvalue weighted by atomic mass is 13.9. The van der Waals surface area contributed by atoms with E-state index in [-0.39, 0.29) is 6.40 Å². The lowest BCUT2D eigenvalue weighted by atomic mass is 10.1. The van der Waals surface area contributed by atoms with Gasteiger partial charge in [-0.2, -0.15) is 0 Å². The minimum atomic E-state index is -0.0923. The van der Waals surface area contributed by atoms with E-state index in [2.05, 4.69) is 11.8 Å². The Bertz CT molecular complexity index is 129. The molecular formula is C8H12. The van der Waals surface area contributed by atoms with Crippen LogP contribution in [0.5, 0.6) is 0 Å². The van der Waals surface area contributed by atoms with Gasteiger partial charge in [-0.25, -0.2) is 0 Å². The number of hydrogen-bond acceptors (Lipinski definition) is 0. The van der Waals surface area contributed by atoms with Gasteiger partial charge in [0, 0.05) is 14.2 Å². The standard InChI is InChI=1S/C8H12/c1-2-4-6-8-7-5-3-1/h1-6H2/i5D. The van der Waals surface area contributed by atoms with Crippen LogP contribution in [0.1, 0.15) is 39.9 Å². The molecule has 1 aliphatic rings. The minimum absolute atomic E-state index is 0.0923. The molecule has 0 heterocycles. The first-order valence-corrected chi connectivity index (χ1v) is 3.30. The Labute approximate surface area is 52.7 Å². The fourth-order valence-corrected chi connectivity index (χ4v) is 0.853. The van der Waals surface area contributed by atoms with Crippen molar-refractivity contribution in [3.05, 3.63) is 0 Å². The SMILES string of the molecule is [2H]C1C#CCCCCC1. The van der Waals surface area contributed by atoms with Crippen LogP contribution in [0.2, 0.25) is 0 Å². The van der Waals surface area contributed by atoms with Crippen molar-refractivity contribution < 1.29 is 1.37 Å². The van der Waals surface area contributed by atoms with E-state index in [4.69, 9.17) is 1.37 Å². The molecule has 44 valence electrons. The summed E-state index contributed by atoms with van der Waals surface area (Å²) >= 11 is 0. The van der Waals surface area contributed by atoms with Gasteiger partial charge >= 0.3 is 0 Å². The number of hydrogen-bond donors (Lipinski definition) is 0. The highest BCUT2D eigenvalue weighted by Crippen LogP contribution is 2.06. The van der Waals surface area contributed by atoms with E-state index in [0.29, 0.717) is 0 Å². The minimum Gasteiger partial charge on any atom is -0.103 e. The lowest BCUT2D eigenvalue weighted by Gasteiger charge is -1.97. The maximum Gasteiger partial charge on any atom is 0.0402 e. The van der Waals surface area contributed by atoms with Crippen LogP contribution in [0, 0.1) is 11.8 Å². The van der Waals surface area contributed by atoms with Crippen LogP contribution in [-0.2, 0) is 0 Å². The molecule has 0 aromatic carbocycles. The van der Waals surface area contributed by atoms with Crippen LogP contribution < -0.4 is 0 Å². The van der Waals surface area contributed by atoms with Gasteiger partial charge in [0.1, 0.15) is 0 Å². The number of rotatable bonds is 0. The largest absolute Gasteiger partial charge is 0.103 e. The quantitative estimate of drug-likeness (QED) is 0.419. The zero-order chi connectivity index (χ0) is 6.53. The molecule has 1 atom stereocenters. The molecule has 0 saturated carbocycles. The molecule has 1 rings (SSSR count). The molecule has 1 aliphatic carbocycles. The smallest absolute Gasteiger partial charge is 0.0402 e. The second kappa shape index (κ2) is 3.55. The predicted octanol–water partition coefficient (Wildman–Crippen LogP) is 2.34. The highest BCUT2D eigenvalue weighted by Gasteiger charge is 1.89. The van der Waals surface area contributed by atoms with E-state index < -0.39 is 0 Å². The average molecular weight is 109 g/mol. The molecule has 0 radical (unpaired) electrons. The molecule has 0 amide bonds. The fraction of sp³-hybridized carbons (Fsp3) is 0.750. The first-order valence-electron chi connectivity index (χ1n) is 3.88. The van der Waals surface area contributed by atoms with Gasteiger partial charge in [-0.3, -0.25) is 0 Å². The third kappa shape index (κ3) is 2.02. The molecule has 0 aliphatic heterocycles. The third-order valence-electron chi connectivity index (χ3n) is 1.35. The molecule has 0 aromatic heterocycles. The average Bonchev–Trinajstić information content (AvgIpc) is 1.79. The molecule has 8 heavy (non-hydrogen) atoms. The summed E-state index contributed by atoms with van der Waals surface area (Å²) in [6.45, 7) is 0. The van der Waals surface area contributed by atoms with E-state index in [0.717, 1.165) is 12.8 Å². The lowest BCUT2D eigenvalue weighted by Crippen LogP contribution is -1.80. The fourth-order valence-electron chi connectivity index (χ4n) is 0.853. The highest BCUT2D eigenvalue weighted by molar-refractivity contribution is 4.99. The molecule has 0 spiro atoms. The van der Waals surface area contributed by atoms with Gasteiger partial charge in [0.15, 0.2) is 0 Å². The van der Waals surface area contributed by atoms with Crippen molar-refractivity contribution in [3.8, 4) is 11.8 Å². The van der Waals surface area contributed by atoms with Gasteiger partial charge in [0.05, 0.1) is 0 Å². The first-order chi connectivity index (χ1) is 4.39. The summed E-state index contributed by atoms with van der Waals surface area (Å²) < 4.78 is 7.34. The van der Waals surface area contributed by atoms with E-state index >= 15 is 0 Å². The van der Waals surface area contributed by atoms with Gasteiger partial charge in [0.2, 0.25) is 0 Å². The molecule has 0 saturated heterocycles. The van der Waals surface area contributed by atoms with Gasteiger partial charge in [-0.1, -0.05) is 12.8 Å². The lowest BCUT2D eigenvalue weighted by molar-refractivity contribution is 0.652. The topological polar surface area (TPSA) is 0 Å². The summed E-state index contributed by atoms with van der Waals surface area (Å²) in [7, 11) is 0. The Morgan fingerprint density at radius 1 is 1.00 bits per heavy atom. The van der Waals surface area contributed by atoms with Crippen LogP contribution in [-0.4, -0.2) is 0 Å². The zero-order valence-corrected chi connectivity index (χ0v) is 5.11. The van der Waals surface area contributed by atoms with E-state index in [9.17, 15) is 0 Å². The summed E-state index contributed by atoms with van der Waals surface area (Å²) in [5.74, 6) is 5.90. The van der Waals surface area contributed by atoms with Crippen LogP contribution in [0.25, 0.3) is 0 Å². The van der Waals surface area contributed by atoms with Gasteiger partial charge < -0.3 is 0 Å². The molecular weight excluding hydrogens is 96.1 g/mol. The second-order valence-electron chi connectivity index (χ2n) is 2.12. The Morgan fingerprint density at radius 3 is 2.88 bits per heavy atom. The van der Waals surface area contributed by atoms with Gasteiger partial charge in [0.25, 0.3) is 0 Å². The summed E-state index contributed by atoms with van der Waals surface area (Å²) in [5.41, 5.74) is 0. The molecule has 0 fully saturated rings. The van der Waals surface area contributed by atoms with Crippen molar-refractivity contribution in [2.24, 2.45) is 0 Å². The summed E-state index contributed by atoms with van der Waals surface area (Å²) in [5, 5.41) is 0. The molecule has 0 heteroatoms. The van der Waals surface area contributed by atoms with E-state index in [1.54, 1.807) is 0 Å². The van der Waals surface area contributed by atoms with Crippen LogP contribution in [0.4, 0.5) is 0 Å². The molecule has 1 unspecified atom stereocenters. The maximum atomic E-state index is 7.34. The molecule has 0 nitrogen and oxygen atoms in total. The normalized spacial score (nSPS) is 31.0. The van der Waals surface area contributed by atoms with Crippen LogP contribution >= 0.6 is 0 Å². The summed E-state index contributed by atoms with van der Waals surface area (Å²) in [4.78, 5) is 0. The molecule has 0 bridgehead atoms. The third-order valence-corrected chi connectivity index (χ3v) is 1.35. The van der Waals surface area contributed by atoms with E-state index in [1.165, 1.54) is 19.3 Å². The van der Waals surface area contributed by atoms with Crippen LogP contribution in [0.3, 0.4) is 0 Å². The predicted molar refractivity (Wildman–Crippen MR) is 35.5 cm³/mol. The second-order valence-corrected chi connectivity index (χ2v) is 2.12. The monoisotopic (exact) mass is 109 g/mol. The van der Waals surface area contributed by atoms with Gasteiger partial charge in [-0.05, 0) is 12.8 Å². The summed E-state index contributed by atoms with van der Waals surface area (Å²) in [6, 6.07) is 0. The molecule has 0 aromatic rings. The maximum absolute atomic E-state index is 7.34. The van der Waals surface area contributed by atoms with Crippen molar-refractivity contribution in [2.75, 3.05) is 0 Å². The van der Waals surface area contributed by atoms with Crippen molar-refractivity contribution in [3.63, 3.8) is 0 Å².